The number of hydrogen-bond acceptors (Lipinski definition) is 1. The minimum absolute atomic E-state index is 0.477. The molecular formula is C54H34O. The number of benzene rings is 9. The average Bonchev–Trinajstić information content (AvgIpc) is 3.86. The SMILES string of the molecule is C=CC1=C(/C=C\C)c2c(-c3c4ccccc4c(-c4cc5cccc6oc7cccc4c7c56)c4ccccc34)cccc2C12c1ccccc1-c1ccccc12. The summed E-state index contributed by atoms with van der Waals surface area (Å²) in [6.07, 6.45) is 6.62. The molecule has 12 rings (SSSR count). The summed E-state index contributed by atoms with van der Waals surface area (Å²) in [5.74, 6) is 0. The monoisotopic (exact) mass is 698 g/mol. The molecule has 0 aliphatic heterocycles. The first-order valence-electron chi connectivity index (χ1n) is 19.2. The van der Waals surface area contributed by atoms with Gasteiger partial charge in [-0.15, -0.1) is 0 Å². The van der Waals surface area contributed by atoms with Gasteiger partial charge < -0.3 is 4.42 Å². The van der Waals surface area contributed by atoms with E-state index in [1.807, 2.05) is 0 Å². The smallest absolute Gasteiger partial charge is 0.136 e. The highest BCUT2D eigenvalue weighted by Crippen LogP contribution is 2.64. The molecular weight excluding hydrogens is 665 g/mol. The van der Waals surface area contributed by atoms with E-state index in [1.54, 1.807) is 0 Å². The molecule has 1 spiro atoms. The molecule has 0 fully saturated rings. The van der Waals surface area contributed by atoms with E-state index in [0.29, 0.717) is 0 Å². The topological polar surface area (TPSA) is 13.1 Å². The first-order valence-corrected chi connectivity index (χ1v) is 19.2. The molecule has 0 unspecified atom stereocenters. The number of furan rings is 1. The Kier molecular flexibility index (Phi) is 6.12. The van der Waals surface area contributed by atoms with Gasteiger partial charge in [-0.1, -0.05) is 164 Å². The third-order valence-corrected chi connectivity index (χ3v) is 12.5. The maximum absolute atomic E-state index is 6.41. The molecule has 256 valence electrons. The van der Waals surface area contributed by atoms with Gasteiger partial charge in [0, 0.05) is 10.8 Å². The van der Waals surface area contributed by atoms with Crippen LogP contribution >= 0.6 is 0 Å². The summed E-state index contributed by atoms with van der Waals surface area (Å²) in [5.41, 5.74) is 16.7. The highest BCUT2D eigenvalue weighted by Gasteiger charge is 2.52. The predicted octanol–water partition coefficient (Wildman–Crippen LogP) is 14.7. The van der Waals surface area contributed by atoms with Crippen molar-refractivity contribution in [2.75, 3.05) is 0 Å². The normalized spacial score (nSPS) is 14.3. The highest BCUT2D eigenvalue weighted by molar-refractivity contribution is 6.30. The lowest BCUT2D eigenvalue weighted by Crippen LogP contribution is -2.26. The molecule has 0 bridgehead atoms. The largest absolute Gasteiger partial charge is 0.456 e. The Hall–Kier alpha value is -6.96. The summed E-state index contributed by atoms with van der Waals surface area (Å²) in [4.78, 5) is 0. The van der Waals surface area contributed by atoms with Gasteiger partial charge in [-0.3, -0.25) is 0 Å². The van der Waals surface area contributed by atoms with Crippen LogP contribution in [-0.2, 0) is 5.41 Å². The molecule has 0 saturated carbocycles. The van der Waals surface area contributed by atoms with Crippen molar-refractivity contribution in [2.45, 2.75) is 12.3 Å². The number of rotatable bonds is 4. The lowest BCUT2D eigenvalue weighted by Gasteiger charge is -2.31. The van der Waals surface area contributed by atoms with Crippen LogP contribution in [0.15, 0.2) is 193 Å². The number of hydrogen-bond donors (Lipinski definition) is 0. The molecule has 0 radical (unpaired) electrons. The Morgan fingerprint density at radius 1 is 0.473 bits per heavy atom. The van der Waals surface area contributed by atoms with Crippen LogP contribution in [0.4, 0.5) is 0 Å². The van der Waals surface area contributed by atoms with Crippen molar-refractivity contribution < 1.29 is 4.42 Å². The molecule has 10 aromatic rings. The van der Waals surface area contributed by atoms with Crippen molar-refractivity contribution in [3.05, 3.63) is 210 Å². The van der Waals surface area contributed by atoms with Crippen molar-refractivity contribution in [3.63, 3.8) is 0 Å². The van der Waals surface area contributed by atoms with Gasteiger partial charge in [-0.05, 0) is 124 Å². The molecule has 2 aliphatic rings. The Balaban J connectivity index is 1.23. The van der Waals surface area contributed by atoms with E-state index in [4.69, 9.17) is 4.42 Å². The van der Waals surface area contributed by atoms with Gasteiger partial charge in [-0.2, -0.15) is 0 Å². The fraction of sp³-hybridized carbons (Fsp3) is 0.0370. The van der Waals surface area contributed by atoms with Crippen LogP contribution in [-0.4, -0.2) is 0 Å². The maximum Gasteiger partial charge on any atom is 0.136 e. The van der Waals surface area contributed by atoms with E-state index >= 15 is 0 Å². The molecule has 55 heavy (non-hydrogen) atoms. The van der Waals surface area contributed by atoms with Crippen molar-refractivity contribution in [2.24, 2.45) is 0 Å². The summed E-state index contributed by atoms with van der Waals surface area (Å²) in [6, 6.07) is 58.3. The predicted molar refractivity (Wildman–Crippen MR) is 232 cm³/mol. The molecule has 0 atom stereocenters. The van der Waals surface area contributed by atoms with Crippen molar-refractivity contribution in [1.29, 1.82) is 0 Å². The van der Waals surface area contributed by atoms with E-state index in [9.17, 15) is 0 Å². The third-order valence-electron chi connectivity index (χ3n) is 12.5. The zero-order valence-electron chi connectivity index (χ0n) is 30.4. The fourth-order valence-electron chi connectivity index (χ4n) is 10.7. The van der Waals surface area contributed by atoms with Gasteiger partial charge in [0.25, 0.3) is 0 Å². The van der Waals surface area contributed by atoms with Crippen molar-refractivity contribution in [1.82, 2.24) is 0 Å². The Morgan fingerprint density at radius 2 is 0.982 bits per heavy atom. The maximum atomic E-state index is 6.41. The second kappa shape index (κ2) is 11.0. The third kappa shape index (κ3) is 3.73. The van der Waals surface area contributed by atoms with E-state index in [-0.39, 0.29) is 0 Å². The van der Waals surface area contributed by atoms with E-state index < -0.39 is 5.41 Å². The van der Waals surface area contributed by atoms with Crippen LogP contribution in [0.5, 0.6) is 0 Å². The molecule has 1 aromatic heterocycles. The second-order valence-corrected chi connectivity index (χ2v) is 15.0. The van der Waals surface area contributed by atoms with Crippen LogP contribution < -0.4 is 0 Å². The lowest BCUT2D eigenvalue weighted by atomic mass is 9.69. The minimum atomic E-state index is -0.477. The van der Waals surface area contributed by atoms with Crippen LogP contribution in [0.3, 0.4) is 0 Å². The van der Waals surface area contributed by atoms with Gasteiger partial charge in [0.2, 0.25) is 0 Å². The van der Waals surface area contributed by atoms with Gasteiger partial charge in [0.05, 0.1) is 5.41 Å². The number of allylic oxidation sites excluding steroid dienone is 5. The summed E-state index contributed by atoms with van der Waals surface area (Å²) < 4.78 is 6.41. The number of fused-ring (bicyclic) bond motifs is 9. The Bertz CT molecular complexity index is 3240. The molecule has 2 aliphatic carbocycles. The van der Waals surface area contributed by atoms with Crippen molar-refractivity contribution >= 4 is 59.8 Å². The van der Waals surface area contributed by atoms with Gasteiger partial charge in [0.1, 0.15) is 11.2 Å². The van der Waals surface area contributed by atoms with E-state index in [2.05, 4.69) is 189 Å². The standard InChI is InChI=1S/C54H34O/c1-3-16-40-43(4-2)54(44-26-11-9-18-33(44)34-19-10-12-27-45(34)54)46-28-14-25-41(52(40)46)50-35-20-5-7-22-37(35)51(38-23-8-6-21-36(38)50)42-31-32-17-13-29-47-49(32)53-39(42)24-15-30-48(53)55-47/h3-31H,2H2,1H3/b16-3-. The summed E-state index contributed by atoms with van der Waals surface area (Å²) in [7, 11) is 0. The van der Waals surface area contributed by atoms with Gasteiger partial charge >= 0.3 is 0 Å². The van der Waals surface area contributed by atoms with Crippen LogP contribution in [0.1, 0.15) is 29.2 Å². The lowest BCUT2D eigenvalue weighted by molar-refractivity contribution is 0.669. The zero-order chi connectivity index (χ0) is 36.4. The summed E-state index contributed by atoms with van der Waals surface area (Å²) in [6.45, 7) is 6.65. The van der Waals surface area contributed by atoms with Crippen molar-refractivity contribution in [3.8, 4) is 33.4 Å². The van der Waals surface area contributed by atoms with E-state index in [1.165, 1.54) is 110 Å². The van der Waals surface area contributed by atoms with Gasteiger partial charge in [0.15, 0.2) is 0 Å². The molecule has 0 N–H and O–H groups in total. The van der Waals surface area contributed by atoms with Crippen LogP contribution in [0.25, 0.3) is 93.2 Å². The second-order valence-electron chi connectivity index (χ2n) is 15.0. The van der Waals surface area contributed by atoms with E-state index in [0.717, 1.165) is 11.2 Å². The molecule has 1 nitrogen and oxygen atoms in total. The average molecular weight is 699 g/mol. The fourth-order valence-corrected chi connectivity index (χ4v) is 10.7. The minimum Gasteiger partial charge on any atom is -0.456 e. The Morgan fingerprint density at radius 3 is 1.62 bits per heavy atom. The quantitative estimate of drug-likeness (QED) is 0.132. The first-order chi connectivity index (χ1) is 27.2. The van der Waals surface area contributed by atoms with Crippen LogP contribution in [0.2, 0.25) is 0 Å². The van der Waals surface area contributed by atoms with Gasteiger partial charge in [-0.25, -0.2) is 0 Å². The molecule has 0 saturated heterocycles. The molecule has 0 amide bonds. The molecule has 1 heteroatoms. The summed E-state index contributed by atoms with van der Waals surface area (Å²) in [5, 5.41) is 9.76. The summed E-state index contributed by atoms with van der Waals surface area (Å²) >= 11 is 0. The first kappa shape index (κ1) is 30.5. The molecule has 9 aromatic carbocycles. The highest BCUT2D eigenvalue weighted by atomic mass is 16.3. The molecule has 1 heterocycles. The zero-order valence-corrected chi connectivity index (χ0v) is 30.4. The van der Waals surface area contributed by atoms with Crippen LogP contribution in [0, 0.1) is 0 Å². The Labute approximate surface area is 319 Å².